The van der Waals surface area contributed by atoms with Crippen molar-refractivity contribution in [2.24, 2.45) is 0 Å². The van der Waals surface area contributed by atoms with Crippen LogP contribution in [0.15, 0.2) is 42.5 Å². The molecule has 0 nitrogen and oxygen atoms in total. The molecule has 0 saturated heterocycles. The molecule has 1 atom stereocenters. The third-order valence-electron chi connectivity index (χ3n) is 5.65. The number of rotatable bonds is 3. The summed E-state index contributed by atoms with van der Waals surface area (Å²) >= 11 is -2.32. The largest absolute Gasteiger partial charge is 1.00 e. The van der Waals surface area contributed by atoms with Crippen LogP contribution in [0.5, 0.6) is 0 Å². The van der Waals surface area contributed by atoms with Crippen molar-refractivity contribution in [2.75, 3.05) is 0 Å². The van der Waals surface area contributed by atoms with Crippen molar-refractivity contribution in [3.8, 4) is 0 Å². The van der Waals surface area contributed by atoms with Crippen molar-refractivity contribution in [1.82, 2.24) is 0 Å². The van der Waals surface area contributed by atoms with Gasteiger partial charge in [-0.15, -0.1) is 0 Å². The SMILES string of the molecule is CC1=[C]([Zr+2]([CH3])([C]2=CC=CC2)[CH]2CCCCC2)CC=C1.[Cl-].[Cl-]. The molecule has 1 fully saturated rings. The zero-order chi connectivity index (χ0) is 13.3. The Bertz CT molecular complexity index is 481. The first kappa shape index (κ1) is 19.5. The second-order valence-corrected chi connectivity index (χ2v) is 17.6. The van der Waals surface area contributed by atoms with Gasteiger partial charge in [-0.05, 0) is 0 Å². The predicted octanol–water partition coefficient (Wildman–Crippen LogP) is 0.0267. The molecule has 0 bridgehead atoms. The number of hydrogen-bond acceptors (Lipinski definition) is 0. The molecule has 3 heteroatoms. The molecule has 0 spiro atoms. The molecule has 0 aromatic heterocycles. The fourth-order valence-electron chi connectivity index (χ4n) is 4.45. The Hall–Kier alpha value is 0.423. The zero-order valence-electron chi connectivity index (χ0n) is 13.2. The Morgan fingerprint density at radius 1 is 1.00 bits per heavy atom. The van der Waals surface area contributed by atoms with E-state index in [9.17, 15) is 0 Å². The molecule has 0 N–H and O–H groups in total. The molecule has 0 radical (unpaired) electrons. The van der Waals surface area contributed by atoms with Crippen molar-refractivity contribution in [2.45, 2.75) is 60.1 Å². The first-order chi connectivity index (χ1) is 9.23. The average Bonchev–Trinajstić information content (AvgIpc) is 3.10. The number of hydrogen-bond donors (Lipinski definition) is 0. The predicted molar refractivity (Wildman–Crippen MR) is 81.0 cm³/mol. The van der Waals surface area contributed by atoms with Crippen molar-refractivity contribution >= 4 is 0 Å². The van der Waals surface area contributed by atoms with Gasteiger partial charge in [0.2, 0.25) is 0 Å². The molecule has 0 aromatic carbocycles. The molecule has 3 aliphatic carbocycles. The van der Waals surface area contributed by atoms with E-state index in [0.717, 1.165) is 3.63 Å². The first-order valence-corrected chi connectivity index (χ1v) is 14.3. The molecule has 3 aliphatic rings. The van der Waals surface area contributed by atoms with E-state index in [1.807, 2.05) is 6.56 Å². The Morgan fingerprint density at radius 2 is 1.71 bits per heavy atom. The van der Waals surface area contributed by atoms with Gasteiger partial charge in [-0.25, -0.2) is 0 Å². The summed E-state index contributed by atoms with van der Waals surface area (Å²) in [4.78, 5) is 0. The second-order valence-electron chi connectivity index (χ2n) is 6.63. The molecule has 116 valence electrons. The quantitative estimate of drug-likeness (QED) is 0.623. The maximum atomic E-state index is 2.75. The normalized spacial score (nSPS) is 22.9. The monoisotopic (exact) mass is 402 g/mol. The van der Waals surface area contributed by atoms with Crippen LogP contribution in [-0.4, -0.2) is 0 Å². The molecule has 21 heavy (non-hydrogen) atoms. The van der Waals surface area contributed by atoms with Gasteiger partial charge in [-0.1, -0.05) is 0 Å². The van der Waals surface area contributed by atoms with E-state index >= 15 is 0 Å². The molecule has 0 aromatic rings. The third kappa shape index (κ3) is 3.68. The van der Waals surface area contributed by atoms with Gasteiger partial charge in [0.25, 0.3) is 0 Å². The van der Waals surface area contributed by atoms with Crippen LogP contribution in [-0.2, 0) is 20.3 Å². The maximum Gasteiger partial charge on any atom is -1.00 e. The van der Waals surface area contributed by atoms with E-state index in [2.05, 4.69) is 41.9 Å². The smallest absolute Gasteiger partial charge is 1.00 e. The van der Waals surface area contributed by atoms with E-state index < -0.39 is 20.3 Å². The molecule has 0 aliphatic heterocycles. The average molecular weight is 405 g/mol. The van der Waals surface area contributed by atoms with Crippen molar-refractivity contribution in [3.05, 3.63) is 42.5 Å². The van der Waals surface area contributed by atoms with Crippen LogP contribution in [0.25, 0.3) is 0 Å². The van der Waals surface area contributed by atoms with Gasteiger partial charge in [0.15, 0.2) is 0 Å². The summed E-state index contributed by atoms with van der Waals surface area (Å²) in [6.07, 6.45) is 22.0. The minimum atomic E-state index is -2.32. The first-order valence-electron chi connectivity index (χ1n) is 7.96. The van der Waals surface area contributed by atoms with Gasteiger partial charge < -0.3 is 24.8 Å². The van der Waals surface area contributed by atoms with Gasteiger partial charge >= 0.3 is 123 Å². The van der Waals surface area contributed by atoms with Crippen LogP contribution in [0.2, 0.25) is 8.26 Å². The van der Waals surface area contributed by atoms with Crippen molar-refractivity contribution in [1.29, 1.82) is 0 Å². The van der Waals surface area contributed by atoms with Crippen LogP contribution >= 0.6 is 0 Å². The van der Waals surface area contributed by atoms with Gasteiger partial charge in [-0.2, -0.15) is 0 Å². The van der Waals surface area contributed by atoms with Crippen LogP contribution < -0.4 is 24.8 Å². The summed E-state index contributed by atoms with van der Waals surface area (Å²) in [5.74, 6) is 0. The summed E-state index contributed by atoms with van der Waals surface area (Å²) in [5.41, 5.74) is 1.62. The van der Waals surface area contributed by atoms with Gasteiger partial charge in [0, 0.05) is 0 Å². The molecule has 0 amide bonds. The zero-order valence-corrected chi connectivity index (χ0v) is 17.1. The molecule has 0 heterocycles. The Morgan fingerprint density at radius 3 is 2.24 bits per heavy atom. The summed E-state index contributed by atoms with van der Waals surface area (Å²) < 4.78 is 7.60. The van der Waals surface area contributed by atoms with E-state index in [1.54, 1.807) is 5.57 Å². The van der Waals surface area contributed by atoms with Crippen LogP contribution in [0, 0.1) is 0 Å². The molecule has 3 rings (SSSR count). The fraction of sp³-hybridized carbons (Fsp3) is 0.556. The Labute approximate surface area is 147 Å². The number of halogens is 2. The Kier molecular flexibility index (Phi) is 7.72. The van der Waals surface area contributed by atoms with E-state index in [4.69, 9.17) is 0 Å². The summed E-state index contributed by atoms with van der Waals surface area (Å²) in [7, 11) is 0. The summed E-state index contributed by atoms with van der Waals surface area (Å²) in [6, 6.07) is 0. The van der Waals surface area contributed by atoms with Crippen LogP contribution in [0.3, 0.4) is 0 Å². The van der Waals surface area contributed by atoms with Gasteiger partial charge in [-0.3, -0.25) is 0 Å². The minimum Gasteiger partial charge on any atom is -1.00 e. The van der Waals surface area contributed by atoms with Crippen LogP contribution in [0.1, 0.15) is 51.9 Å². The molecular formula is C18H26Cl2Zr. The topological polar surface area (TPSA) is 0 Å². The minimum absolute atomic E-state index is 0. The van der Waals surface area contributed by atoms with Gasteiger partial charge in [0.05, 0.1) is 0 Å². The second kappa shape index (κ2) is 8.32. The molecule has 1 saturated carbocycles. The Balaban J connectivity index is 0.00000110. The van der Waals surface area contributed by atoms with Crippen molar-refractivity contribution in [3.63, 3.8) is 0 Å². The van der Waals surface area contributed by atoms with Gasteiger partial charge in [0.1, 0.15) is 0 Å². The summed E-state index contributed by atoms with van der Waals surface area (Å²) in [6.45, 7) is 2.36. The molecule has 1 unspecified atom stereocenters. The summed E-state index contributed by atoms with van der Waals surface area (Å²) in [5, 5.41) is 0. The third-order valence-corrected chi connectivity index (χ3v) is 19.8. The van der Waals surface area contributed by atoms with E-state index in [-0.39, 0.29) is 24.8 Å². The maximum absolute atomic E-state index is 2.75. The molecular weight excluding hydrogens is 378 g/mol. The number of allylic oxidation sites excluding steroid dienone is 8. The van der Waals surface area contributed by atoms with Crippen molar-refractivity contribution < 1.29 is 45.1 Å². The fourth-order valence-corrected chi connectivity index (χ4v) is 17.7. The van der Waals surface area contributed by atoms with E-state index in [0.29, 0.717) is 0 Å². The van der Waals surface area contributed by atoms with E-state index in [1.165, 1.54) is 44.9 Å². The standard InChI is InChI=1S/C6H7.C6H11.C5H5.CH3.2ClH.Zr/c1-6-4-2-3-5-6;1-2-4-6-5-3-1;1-2-4-5-3-1;;;;/h2,4H,3H2,1H3;1H,2-6H2;1-3H,4H2;1H3;2*1H;/q;;;;;;+2/p-2. The van der Waals surface area contributed by atoms with Crippen LogP contribution in [0.4, 0.5) is 0 Å².